The van der Waals surface area contributed by atoms with Crippen LogP contribution in [-0.4, -0.2) is 11.7 Å². The molecule has 2 N–H and O–H groups in total. The fourth-order valence-electron chi connectivity index (χ4n) is 1.62. The molecule has 3 nitrogen and oxygen atoms in total. The lowest BCUT2D eigenvalue weighted by molar-refractivity contribution is -0.118. The zero-order chi connectivity index (χ0) is 12.7. The van der Waals surface area contributed by atoms with Gasteiger partial charge in [-0.3, -0.25) is 9.59 Å². The first-order valence-electron chi connectivity index (χ1n) is 6.04. The average molecular weight is 233 g/mol. The summed E-state index contributed by atoms with van der Waals surface area (Å²) < 4.78 is 0. The number of hydrogen-bond acceptors (Lipinski definition) is 2. The van der Waals surface area contributed by atoms with Crippen LogP contribution < -0.4 is 5.73 Å². The van der Waals surface area contributed by atoms with Gasteiger partial charge >= 0.3 is 0 Å². The van der Waals surface area contributed by atoms with E-state index in [0.717, 1.165) is 12.8 Å². The lowest BCUT2D eigenvalue weighted by atomic mass is 10.0. The van der Waals surface area contributed by atoms with Crippen LogP contribution in [0, 0.1) is 0 Å². The summed E-state index contributed by atoms with van der Waals surface area (Å²) in [5.74, 6) is -0.455. The maximum atomic E-state index is 11.7. The number of carbonyl (C=O) groups is 2. The van der Waals surface area contributed by atoms with Crippen LogP contribution >= 0.6 is 0 Å². The Morgan fingerprint density at radius 3 is 2.29 bits per heavy atom. The Morgan fingerprint density at radius 1 is 1.12 bits per heavy atom. The van der Waals surface area contributed by atoms with E-state index in [1.54, 1.807) is 0 Å². The van der Waals surface area contributed by atoms with Gasteiger partial charge in [0.25, 0.3) is 0 Å². The highest BCUT2D eigenvalue weighted by Crippen LogP contribution is 2.10. The van der Waals surface area contributed by atoms with Crippen molar-refractivity contribution in [1.29, 1.82) is 0 Å². The SMILES string of the molecule is CCCCc1ccc(C(=O)CCC(N)=O)cc1. The minimum atomic E-state index is -0.432. The molecule has 1 rings (SSSR count). The summed E-state index contributed by atoms with van der Waals surface area (Å²) in [5.41, 5.74) is 6.91. The highest BCUT2D eigenvalue weighted by molar-refractivity contribution is 5.97. The van der Waals surface area contributed by atoms with Crippen LogP contribution in [0.1, 0.15) is 48.5 Å². The van der Waals surface area contributed by atoms with Crippen LogP contribution in [0.25, 0.3) is 0 Å². The molecule has 1 aromatic carbocycles. The van der Waals surface area contributed by atoms with Crippen molar-refractivity contribution in [2.75, 3.05) is 0 Å². The molecule has 0 heterocycles. The van der Waals surface area contributed by atoms with Crippen molar-refractivity contribution in [3.63, 3.8) is 0 Å². The Labute approximate surface area is 102 Å². The van der Waals surface area contributed by atoms with Crippen LogP contribution in [0.5, 0.6) is 0 Å². The zero-order valence-corrected chi connectivity index (χ0v) is 10.2. The van der Waals surface area contributed by atoms with Crippen molar-refractivity contribution in [3.8, 4) is 0 Å². The third-order valence-electron chi connectivity index (χ3n) is 2.69. The summed E-state index contributed by atoms with van der Waals surface area (Å²) in [5, 5.41) is 0. The first-order chi connectivity index (χ1) is 8.13. The summed E-state index contributed by atoms with van der Waals surface area (Å²) in [6, 6.07) is 7.61. The van der Waals surface area contributed by atoms with Gasteiger partial charge in [-0.05, 0) is 18.4 Å². The van der Waals surface area contributed by atoms with E-state index in [1.165, 1.54) is 12.0 Å². The molecule has 0 unspecified atom stereocenters. The maximum Gasteiger partial charge on any atom is 0.217 e. The molecule has 0 aliphatic heterocycles. The van der Waals surface area contributed by atoms with Crippen LogP contribution in [0.15, 0.2) is 24.3 Å². The molecule has 0 radical (unpaired) electrons. The molecular formula is C14H19NO2. The van der Waals surface area contributed by atoms with Crippen LogP contribution in [0.4, 0.5) is 0 Å². The first kappa shape index (κ1) is 13.4. The van der Waals surface area contributed by atoms with E-state index in [0.29, 0.717) is 5.56 Å². The molecule has 1 aromatic rings. The summed E-state index contributed by atoms with van der Waals surface area (Å²) in [4.78, 5) is 22.2. The molecule has 0 aliphatic rings. The first-order valence-corrected chi connectivity index (χ1v) is 6.04. The molecule has 0 aliphatic carbocycles. The second kappa shape index (κ2) is 6.84. The molecule has 0 atom stereocenters. The van der Waals surface area contributed by atoms with Gasteiger partial charge in [-0.1, -0.05) is 37.6 Å². The Morgan fingerprint density at radius 2 is 1.76 bits per heavy atom. The highest BCUT2D eigenvalue weighted by atomic mass is 16.1. The number of primary amides is 1. The van der Waals surface area contributed by atoms with Gasteiger partial charge in [0.05, 0.1) is 0 Å². The van der Waals surface area contributed by atoms with Gasteiger partial charge in [0.15, 0.2) is 5.78 Å². The highest BCUT2D eigenvalue weighted by Gasteiger charge is 2.07. The molecule has 0 aromatic heterocycles. The predicted octanol–water partition coefficient (Wildman–Crippen LogP) is 2.48. The Hall–Kier alpha value is -1.64. The van der Waals surface area contributed by atoms with Crippen molar-refractivity contribution in [3.05, 3.63) is 35.4 Å². The van der Waals surface area contributed by atoms with E-state index < -0.39 is 5.91 Å². The summed E-state index contributed by atoms with van der Waals surface area (Å²) in [6.45, 7) is 2.15. The minimum absolute atomic E-state index is 0.0224. The molecule has 1 amide bonds. The van der Waals surface area contributed by atoms with E-state index >= 15 is 0 Å². The van der Waals surface area contributed by atoms with Gasteiger partial charge in [-0.15, -0.1) is 0 Å². The van der Waals surface area contributed by atoms with Crippen LogP contribution in [-0.2, 0) is 11.2 Å². The summed E-state index contributed by atoms with van der Waals surface area (Å²) in [7, 11) is 0. The maximum absolute atomic E-state index is 11.7. The second-order valence-corrected chi connectivity index (χ2v) is 4.19. The number of benzene rings is 1. The number of amides is 1. The van der Waals surface area contributed by atoms with Crippen molar-refractivity contribution in [2.24, 2.45) is 5.73 Å². The number of carbonyl (C=O) groups excluding carboxylic acids is 2. The summed E-state index contributed by atoms with van der Waals surface area (Å²) >= 11 is 0. The topological polar surface area (TPSA) is 60.2 Å². The predicted molar refractivity (Wildman–Crippen MR) is 67.8 cm³/mol. The number of Topliss-reactive ketones (excluding diaryl/α,β-unsaturated/α-hetero) is 1. The number of aryl methyl sites for hydroxylation is 1. The van der Waals surface area contributed by atoms with Crippen molar-refractivity contribution >= 4 is 11.7 Å². The fraction of sp³-hybridized carbons (Fsp3) is 0.429. The van der Waals surface area contributed by atoms with Gasteiger partial charge in [0.1, 0.15) is 0 Å². The third kappa shape index (κ3) is 4.81. The standard InChI is InChI=1S/C14H19NO2/c1-2-3-4-11-5-7-12(8-6-11)13(16)9-10-14(15)17/h5-8H,2-4,9-10H2,1H3,(H2,15,17). The number of hydrogen-bond donors (Lipinski definition) is 1. The fourth-order valence-corrected chi connectivity index (χ4v) is 1.62. The monoisotopic (exact) mass is 233 g/mol. The van der Waals surface area contributed by atoms with Gasteiger partial charge < -0.3 is 5.73 Å². The smallest absolute Gasteiger partial charge is 0.217 e. The Kier molecular flexibility index (Phi) is 5.40. The van der Waals surface area contributed by atoms with E-state index in [4.69, 9.17) is 5.73 Å². The van der Waals surface area contributed by atoms with Gasteiger partial charge in [-0.2, -0.15) is 0 Å². The normalized spacial score (nSPS) is 10.2. The number of ketones is 1. The van der Waals surface area contributed by atoms with Crippen molar-refractivity contribution < 1.29 is 9.59 Å². The van der Waals surface area contributed by atoms with Gasteiger partial charge in [0.2, 0.25) is 5.91 Å². The van der Waals surface area contributed by atoms with Crippen LogP contribution in [0.3, 0.4) is 0 Å². The Balaban J connectivity index is 2.54. The Bertz CT molecular complexity index is 382. The molecule has 0 saturated carbocycles. The summed E-state index contributed by atoms with van der Waals surface area (Å²) in [6.07, 6.45) is 3.70. The molecule has 3 heteroatoms. The molecular weight excluding hydrogens is 214 g/mol. The average Bonchev–Trinajstić information content (AvgIpc) is 2.34. The third-order valence-corrected chi connectivity index (χ3v) is 2.69. The lowest BCUT2D eigenvalue weighted by Crippen LogP contribution is -2.12. The quantitative estimate of drug-likeness (QED) is 0.735. The van der Waals surface area contributed by atoms with Gasteiger partial charge in [-0.25, -0.2) is 0 Å². The molecule has 0 fully saturated rings. The molecule has 0 saturated heterocycles. The van der Waals surface area contributed by atoms with Gasteiger partial charge in [0, 0.05) is 18.4 Å². The van der Waals surface area contributed by atoms with Crippen molar-refractivity contribution in [2.45, 2.75) is 39.0 Å². The largest absolute Gasteiger partial charge is 0.370 e. The number of rotatable bonds is 7. The molecule has 17 heavy (non-hydrogen) atoms. The van der Waals surface area contributed by atoms with Crippen molar-refractivity contribution in [1.82, 2.24) is 0 Å². The molecule has 0 bridgehead atoms. The van der Waals surface area contributed by atoms with Crippen LogP contribution in [0.2, 0.25) is 0 Å². The van der Waals surface area contributed by atoms with E-state index in [2.05, 4.69) is 6.92 Å². The lowest BCUT2D eigenvalue weighted by Gasteiger charge is -2.02. The van der Waals surface area contributed by atoms with E-state index in [-0.39, 0.29) is 18.6 Å². The zero-order valence-electron chi connectivity index (χ0n) is 10.2. The number of nitrogens with two attached hydrogens (primary N) is 1. The van der Waals surface area contributed by atoms with E-state index in [1.807, 2.05) is 24.3 Å². The van der Waals surface area contributed by atoms with E-state index in [9.17, 15) is 9.59 Å². The second-order valence-electron chi connectivity index (χ2n) is 4.19. The minimum Gasteiger partial charge on any atom is -0.370 e. The molecule has 92 valence electrons. The molecule has 0 spiro atoms. The number of unbranched alkanes of at least 4 members (excludes halogenated alkanes) is 1.